The molecule has 4 N–H and O–H groups in total. The summed E-state index contributed by atoms with van der Waals surface area (Å²) in [5, 5.41) is 13.9. The van der Waals surface area contributed by atoms with Gasteiger partial charge in [-0.25, -0.2) is 9.37 Å². The van der Waals surface area contributed by atoms with Crippen molar-refractivity contribution in [2.75, 3.05) is 5.32 Å². The van der Waals surface area contributed by atoms with Crippen molar-refractivity contribution in [2.24, 2.45) is 10.9 Å². The summed E-state index contributed by atoms with van der Waals surface area (Å²) in [5.41, 5.74) is 5.77. The third-order valence-electron chi connectivity index (χ3n) is 2.41. The summed E-state index contributed by atoms with van der Waals surface area (Å²) in [5.74, 6) is -1.44. The highest BCUT2D eigenvalue weighted by Crippen LogP contribution is 2.17. The molecule has 0 aliphatic carbocycles. The van der Waals surface area contributed by atoms with Crippen molar-refractivity contribution in [3.05, 3.63) is 53.9 Å². The number of hydrogen-bond donors (Lipinski definition) is 3. The molecule has 0 bridgehead atoms. The number of nitrogens with one attached hydrogen (secondary N) is 1. The second kappa shape index (κ2) is 5.74. The normalized spacial score (nSPS) is 11.2. The van der Waals surface area contributed by atoms with Gasteiger partial charge in [-0.2, -0.15) is 0 Å². The van der Waals surface area contributed by atoms with Gasteiger partial charge in [0.1, 0.15) is 11.5 Å². The van der Waals surface area contributed by atoms with E-state index in [1.54, 1.807) is 0 Å². The summed E-state index contributed by atoms with van der Waals surface area (Å²) >= 11 is 0. The molecule has 1 aromatic carbocycles. The van der Waals surface area contributed by atoms with E-state index in [0.717, 1.165) is 12.1 Å². The highest BCUT2D eigenvalue weighted by atomic mass is 19.1. The Morgan fingerprint density at radius 1 is 1.40 bits per heavy atom. The lowest BCUT2D eigenvalue weighted by atomic mass is 10.1. The van der Waals surface area contributed by atoms with Crippen molar-refractivity contribution in [2.45, 2.75) is 0 Å². The van der Waals surface area contributed by atoms with Gasteiger partial charge in [0.05, 0.1) is 11.9 Å². The number of aromatic nitrogens is 2. The number of carbonyl (C=O) groups is 1. The molecule has 0 fully saturated rings. The minimum absolute atomic E-state index is 0.0599. The molecule has 102 valence electrons. The molecule has 0 aliphatic rings. The van der Waals surface area contributed by atoms with Crippen molar-refractivity contribution >= 4 is 17.4 Å². The van der Waals surface area contributed by atoms with Crippen molar-refractivity contribution < 1.29 is 14.4 Å². The third-order valence-corrected chi connectivity index (χ3v) is 2.41. The van der Waals surface area contributed by atoms with E-state index in [1.807, 2.05) is 0 Å². The standard InChI is InChI=1S/C12H10FN5O2/c13-7-1-2-9(8(5-7)11(14)18-20)17-12(19)10-6-15-3-4-16-10/h1-6,20H,(H2,14,18)(H,17,19). The molecule has 0 aliphatic heterocycles. The number of hydrogen-bond acceptors (Lipinski definition) is 5. The van der Waals surface area contributed by atoms with Crippen LogP contribution in [0.2, 0.25) is 0 Å². The van der Waals surface area contributed by atoms with Gasteiger partial charge in [-0.3, -0.25) is 9.78 Å². The molecule has 0 saturated carbocycles. The number of amidine groups is 1. The van der Waals surface area contributed by atoms with Gasteiger partial charge in [0.15, 0.2) is 5.84 Å². The number of nitrogens with two attached hydrogens (primary N) is 1. The number of amides is 1. The van der Waals surface area contributed by atoms with Gasteiger partial charge in [-0.05, 0) is 18.2 Å². The average molecular weight is 275 g/mol. The first-order valence-corrected chi connectivity index (χ1v) is 5.46. The molecule has 0 radical (unpaired) electrons. The van der Waals surface area contributed by atoms with Gasteiger partial charge in [0, 0.05) is 18.0 Å². The van der Waals surface area contributed by atoms with Gasteiger partial charge in [-0.1, -0.05) is 5.16 Å². The quantitative estimate of drug-likeness (QED) is 0.334. The Morgan fingerprint density at radius 2 is 2.20 bits per heavy atom. The van der Waals surface area contributed by atoms with Crippen LogP contribution in [0.25, 0.3) is 0 Å². The summed E-state index contributed by atoms with van der Waals surface area (Å²) in [6, 6.07) is 3.48. The van der Waals surface area contributed by atoms with Crippen LogP contribution in [0, 0.1) is 5.82 Å². The zero-order valence-electron chi connectivity index (χ0n) is 10.1. The highest BCUT2D eigenvalue weighted by molar-refractivity contribution is 6.09. The van der Waals surface area contributed by atoms with E-state index in [9.17, 15) is 9.18 Å². The first-order valence-electron chi connectivity index (χ1n) is 5.46. The van der Waals surface area contributed by atoms with Crippen LogP contribution in [-0.2, 0) is 0 Å². The lowest BCUT2D eigenvalue weighted by molar-refractivity contribution is 0.102. The number of oxime groups is 1. The highest BCUT2D eigenvalue weighted by Gasteiger charge is 2.13. The predicted molar refractivity (Wildman–Crippen MR) is 68.9 cm³/mol. The molecule has 1 heterocycles. The molecular formula is C12H10FN5O2. The maximum absolute atomic E-state index is 13.2. The van der Waals surface area contributed by atoms with Crippen molar-refractivity contribution in [1.29, 1.82) is 0 Å². The first kappa shape index (κ1) is 13.4. The summed E-state index contributed by atoms with van der Waals surface area (Å²) < 4.78 is 13.2. The lowest BCUT2D eigenvalue weighted by Crippen LogP contribution is -2.20. The van der Waals surface area contributed by atoms with Crippen LogP contribution in [0.3, 0.4) is 0 Å². The number of benzene rings is 1. The maximum Gasteiger partial charge on any atom is 0.275 e. The molecule has 0 spiro atoms. The van der Waals surface area contributed by atoms with Crippen LogP contribution in [0.4, 0.5) is 10.1 Å². The molecule has 1 amide bonds. The monoisotopic (exact) mass is 275 g/mol. The number of rotatable bonds is 3. The summed E-state index contributed by atoms with van der Waals surface area (Å²) in [6.45, 7) is 0. The Hall–Kier alpha value is -3.03. The summed E-state index contributed by atoms with van der Waals surface area (Å²) in [7, 11) is 0. The average Bonchev–Trinajstić information content (AvgIpc) is 2.49. The topological polar surface area (TPSA) is 113 Å². The van der Waals surface area contributed by atoms with Crippen LogP contribution in [-0.4, -0.2) is 26.9 Å². The van der Waals surface area contributed by atoms with Gasteiger partial charge in [0.25, 0.3) is 5.91 Å². The number of nitrogens with zero attached hydrogens (tertiary/aromatic N) is 3. The molecule has 20 heavy (non-hydrogen) atoms. The number of anilines is 1. The van der Waals surface area contributed by atoms with E-state index in [1.165, 1.54) is 24.7 Å². The minimum Gasteiger partial charge on any atom is -0.409 e. The van der Waals surface area contributed by atoms with Gasteiger partial charge in [0.2, 0.25) is 0 Å². The second-order valence-electron chi connectivity index (χ2n) is 3.72. The molecule has 0 unspecified atom stereocenters. The summed E-state index contributed by atoms with van der Waals surface area (Å²) in [4.78, 5) is 19.5. The molecule has 2 aromatic rings. The largest absolute Gasteiger partial charge is 0.409 e. The number of halogens is 1. The van der Waals surface area contributed by atoms with E-state index >= 15 is 0 Å². The van der Waals surface area contributed by atoms with E-state index < -0.39 is 11.7 Å². The Bertz CT molecular complexity index is 660. The summed E-state index contributed by atoms with van der Waals surface area (Å²) in [6.07, 6.45) is 4.07. The van der Waals surface area contributed by atoms with Crippen LogP contribution in [0.5, 0.6) is 0 Å². The van der Waals surface area contributed by atoms with E-state index in [2.05, 4.69) is 20.4 Å². The van der Waals surface area contributed by atoms with Crippen molar-refractivity contribution in [1.82, 2.24) is 9.97 Å². The zero-order valence-corrected chi connectivity index (χ0v) is 10.1. The Balaban J connectivity index is 2.32. The molecule has 1 aromatic heterocycles. The van der Waals surface area contributed by atoms with E-state index in [4.69, 9.17) is 10.9 Å². The minimum atomic E-state index is -0.580. The van der Waals surface area contributed by atoms with Crippen LogP contribution >= 0.6 is 0 Å². The molecular weight excluding hydrogens is 265 g/mol. The molecule has 0 atom stereocenters. The van der Waals surface area contributed by atoms with Crippen molar-refractivity contribution in [3.63, 3.8) is 0 Å². The fourth-order valence-electron chi connectivity index (χ4n) is 1.49. The Morgan fingerprint density at radius 3 is 2.85 bits per heavy atom. The predicted octanol–water partition coefficient (Wildman–Crippen LogP) is 0.962. The van der Waals surface area contributed by atoms with Gasteiger partial charge >= 0.3 is 0 Å². The fourth-order valence-corrected chi connectivity index (χ4v) is 1.49. The fraction of sp³-hybridized carbons (Fsp3) is 0. The van der Waals surface area contributed by atoms with Gasteiger partial charge < -0.3 is 16.3 Å². The van der Waals surface area contributed by atoms with Crippen molar-refractivity contribution in [3.8, 4) is 0 Å². The first-order chi connectivity index (χ1) is 9.61. The smallest absolute Gasteiger partial charge is 0.275 e. The SMILES string of the molecule is N/C(=N/O)c1cc(F)ccc1NC(=O)c1cnccn1. The van der Waals surface area contributed by atoms with E-state index in [0.29, 0.717) is 0 Å². The zero-order chi connectivity index (χ0) is 14.5. The Kier molecular flexibility index (Phi) is 3.85. The lowest BCUT2D eigenvalue weighted by Gasteiger charge is -2.09. The second-order valence-corrected chi connectivity index (χ2v) is 3.72. The third kappa shape index (κ3) is 2.86. The van der Waals surface area contributed by atoms with E-state index in [-0.39, 0.29) is 22.8 Å². The maximum atomic E-state index is 13.2. The van der Waals surface area contributed by atoms with Gasteiger partial charge in [-0.15, -0.1) is 0 Å². The van der Waals surface area contributed by atoms with Crippen LogP contribution < -0.4 is 11.1 Å². The molecule has 8 heteroatoms. The Labute approximate surface area is 113 Å². The molecule has 7 nitrogen and oxygen atoms in total. The van der Waals surface area contributed by atoms with Crippen LogP contribution in [0.15, 0.2) is 41.9 Å². The van der Waals surface area contributed by atoms with Crippen LogP contribution in [0.1, 0.15) is 16.1 Å². The number of carbonyl (C=O) groups excluding carboxylic acids is 1. The molecule has 2 rings (SSSR count). The molecule has 0 saturated heterocycles.